The van der Waals surface area contributed by atoms with Gasteiger partial charge in [-0.05, 0) is 18.8 Å². The third kappa shape index (κ3) is 7.02. The lowest BCUT2D eigenvalue weighted by molar-refractivity contribution is -0.0170. The van der Waals surface area contributed by atoms with Crippen LogP contribution in [0.5, 0.6) is 0 Å². The third-order valence-electron chi connectivity index (χ3n) is 3.74. The molecule has 0 bridgehead atoms. The summed E-state index contributed by atoms with van der Waals surface area (Å²) < 4.78 is 0. The summed E-state index contributed by atoms with van der Waals surface area (Å²) in [6.07, 6.45) is 7.20. The quantitative estimate of drug-likeness (QED) is 0.516. The second-order valence-corrected chi connectivity index (χ2v) is 5.51. The summed E-state index contributed by atoms with van der Waals surface area (Å²) in [7, 11) is 0. The van der Waals surface area contributed by atoms with Crippen LogP contribution in [0, 0.1) is 5.92 Å². The van der Waals surface area contributed by atoms with E-state index in [1.54, 1.807) is 0 Å². The molecule has 0 aromatic carbocycles. The zero-order valence-electron chi connectivity index (χ0n) is 11.0. The minimum Gasteiger partial charge on any atom is -0.393 e. The fourth-order valence-electron chi connectivity index (χ4n) is 2.16. The van der Waals surface area contributed by atoms with Gasteiger partial charge in [0.25, 0.3) is 0 Å². The van der Waals surface area contributed by atoms with Gasteiger partial charge in [-0.2, -0.15) is 0 Å². The van der Waals surface area contributed by atoms with Gasteiger partial charge >= 0.3 is 0 Å². The van der Waals surface area contributed by atoms with E-state index in [9.17, 15) is 15.3 Å². The Morgan fingerprint density at radius 2 is 1.71 bits per heavy atom. The minimum absolute atomic E-state index is 0.291. The molecule has 0 aromatic rings. The van der Waals surface area contributed by atoms with Crippen LogP contribution in [0.1, 0.15) is 64.7 Å². The molecule has 0 amide bonds. The van der Waals surface area contributed by atoms with E-state index >= 15 is 0 Å². The van der Waals surface area contributed by atoms with E-state index in [2.05, 4.69) is 0 Å². The Balaban J connectivity index is 1.96. The normalized spacial score (nSPS) is 21.2. The summed E-state index contributed by atoms with van der Waals surface area (Å²) >= 11 is 0. The molecule has 102 valence electrons. The Labute approximate surface area is 105 Å². The van der Waals surface area contributed by atoms with Crippen LogP contribution >= 0.6 is 0 Å². The van der Waals surface area contributed by atoms with Crippen molar-refractivity contribution in [2.75, 3.05) is 0 Å². The van der Waals surface area contributed by atoms with Crippen LogP contribution in [0.25, 0.3) is 0 Å². The maximum atomic E-state index is 9.72. The lowest BCUT2D eigenvalue weighted by Gasteiger charge is -2.19. The molecule has 0 saturated heterocycles. The highest BCUT2D eigenvalue weighted by Gasteiger charge is 2.21. The summed E-state index contributed by atoms with van der Waals surface area (Å²) in [5.74, 6) is 0.991. The predicted octanol–water partition coefficient (Wildman–Crippen LogP) is 2.23. The van der Waals surface area contributed by atoms with Crippen LogP contribution in [0.4, 0.5) is 0 Å². The van der Waals surface area contributed by atoms with Gasteiger partial charge in [-0.3, -0.25) is 0 Å². The fraction of sp³-hybridized carbons (Fsp3) is 1.00. The van der Waals surface area contributed by atoms with E-state index in [1.165, 1.54) is 25.7 Å². The van der Waals surface area contributed by atoms with Crippen LogP contribution in [-0.2, 0) is 0 Å². The largest absolute Gasteiger partial charge is 0.393 e. The second kappa shape index (κ2) is 8.06. The van der Waals surface area contributed by atoms with Crippen molar-refractivity contribution in [1.29, 1.82) is 0 Å². The van der Waals surface area contributed by atoms with Crippen molar-refractivity contribution in [1.82, 2.24) is 0 Å². The molecule has 17 heavy (non-hydrogen) atoms. The summed E-state index contributed by atoms with van der Waals surface area (Å²) in [6, 6.07) is 0. The molecule has 1 rings (SSSR count). The average Bonchev–Trinajstić information content (AvgIpc) is 3.12. The van der Waals surface area contributed by atoms with Gasteiger partial charge in [-0.1, -0.05) is 45.4 Å². The molecular weight excluding hydrogens is 216 g/mol. The highest BCUT2D eigenvalue weighted by molar-refractivity contribution is 4.73. The van der Waals surface area contributed by atoms with Crippen LogP contribution in [-0.4, -0.2) is 33.6 Å². The smallest absolute Gasteiger partial charge is 0.0823 e. The molecule has 3 atom stereocenters. The van der Waals surface area contributed by atoms with Gasteiger partial charge in [0.05, 0.1) is 18.3 Å². The Hall–Kier alpha value is -0.120. The lowest BCUT2D eigenvalue weighted by atomic mass is 10.00. The van der Waals surface area contributed by atoms with Crippen molar-refractivity contribution in [3.63, 3.8) is 0 Å². The van der Waals surface area contributed by atoms with Gasteiger partial charge in [0, 0.05) is 6.42 Å². The maximum absolute atomic E-state index is 9.72. The Bertz CT molecular complexity index is 192. The number of aliphatic hydroxyl groups excluding tert-OH is 3. The molecule has 3 N–H and O–H groups in total. The third-order valence-corrected chi connectivity index (χ3v) is 3.74. The molecule has 0 radical (unpaired) electrons. The van der Waals surface area contributed by atoms with Crippen molar-refractivity contribution < 1.29 is 15.3 Å². The summed E-state index contributed by atoms with van der Waals surface area (Å²) in [5.41, 5.74) is 0. The number of hydrogen-bond acceptors (Lipinski definition) is 3. The van der Waals surface area contributed by atoms with Crippen molar-refractivity contribution in [3.05, 3.63) is 0 Å². The highest BCUT2D eigenvalue weighted by Crippen LogP contribution is 2.34. The Morgan fingerprint density at radius 3 is 2.29 bits per heavy atom. The minimum atomic E-state index is -0.770. The van der Waals surface area contributed by atoms with E-state index in [0.717, 1.165) is 18.8 Å². The zero-order valence-corrected chi connectivity index (χ0v) is 11.0. The van der Waals surface area contributed by atoms with Gasteiger partial charge in [0.2, 0.25) is 0 Å². The van der Waals surface area contributed by atoms with Gasteiger partial charge < -0.3 is 15.3 Å². The van der Waals surface area contributed by atoms with Crippen LogP contribution in [0.15, 0.2) is 0 Å². The molecule has 0 unspecified atom stereocenters. The number of unbranched alkanes of at least 4 members (excludes halogenated alkanes) is 2. The lowest BCUT2D eigenvalue weighted by Crippen LogP contribution is -2.29. The predicted molar refractivity (Wildman–Crippen MR) is 68.7 cm³/mol. The van der Waals surface area contributed by atoms with Crippen molar-refractivity contribution in [2.45, 2.75) is 83.0 Å². The van der Waals surface area contributed by atoms with Gasteiger partial charge in [-0.25, -0.2) is 0 Å². The molecule has 3 nitrogen and oxygen atoms in total. The van der Waals surface area contributed by atoms with Gasteiger partial charge in [0.15, 0.2) is 0 Å². The fourth-order valence-corrected chi connectivity index (χ4v) is 2.16. The monoisotopic (exact) mass is 244 g/mol. The maximum Gasteiger partial charge on any atom is 0.0823 e. The first-order valence-electron chi connectivity index (χ1n) is 7.17. The summed E-state index contributed by atoms with van der Waals surface area (Å²) in [5, 5.41) is 28.8. The van der Waals surface area contributed by atoms with E-state index < -0.39 is 18.3 Å². The van der Waals surface area contributed by atoms with Gasteiger partial charge in [-0.15, -0.1) is 0 Å². The number of rotatable bonds is 10. The van der Waals surface area contributed by atoms with Crippen molar-refractivity contribution >= 4 is 0 Å². The molecule has 1 fully saturated rings. The summed E-state index contributed by atoms with van der Waals surface area (Å²) in [6.45, 7) is 1.88. The standard InChI is InChI=1S/C14H28O3/c1-2-12(15)10-14(17)13(16)7-5-3-4-6-11-8-9-11/h11-17H,2-10H2,1H3/t12-,13+,14+/m0/s1. The zero-order chi connectivity index (χ0) is 12.7. The van der Waals surface area contributed by atoms with E-state index in [4.69, 9.17) is 0 Å². The topological polar surface area (TPSA) is 60.7 Å². The molecular formula is C14H28O3. The molecule has 0 spiro atoms. The Morgan fingerprint density at radius 1 is 1.00 bits per heavy atom. The molecule has 0 aliphatic heterocycles. The molecule has 0 heterocycles. The van der Waals surface area contributed by atoms with E-state index in [1.807, 2.05) is 6.92 Å². The average molecular weight is 244 g/mol. The first kappa shape index (κ1) is 14.9. The first-order valence-corrected chi connectivity index (χ1v) is 7.17. The highest BCUT2D eigenvalue weighted by atomic mass is 16.3. The SMILES string of the molecule is CC[C@H](O)C[C@@H](O)[C@H](O)CCCCCC1CC1. The molecule has 1 saturated carbocycles. The molecule has 1 aliphatic carbocycles. The number of hydrogen-bond donors (Lipinski definition) is 3. The van der Waals surface area contributed by atoms with Crippen molar-refractivity contribution in [3.8, 4) is 0 Å². The molecule has 0 aromatic heterocycles. The molecule has 1 aliphatic rings. The van der Waals surface area contributed by atoms with E-state index in [-0.39, 0.29) is 0 Å². The molecule has 3 heteroatoms. The number of aliphatic hydroxyl groups is 3. The second-order valence-electron chi connectivity index (χ2n) is 5.51. The first-order chi connectivity index (χ1) is 8.13. The van der Waals surface area contributed by atoms with Gasteiger partial charge in [0.1, 0.15) is 0 Å². The van der Waals surface area contributed by atoms with E-state index in [0.29, 0.717) is 19.3 Å². The Kier molecular flexibility index (Phi) is 7.09. The summed E-state index contributed by atoms with van der Waals surface area (Å²) in [4.78, 5) is 0. The van der Waals surface area contributed by atoms with Crippen LogP contribution in [0.3, 0.4) is 0 Å². The van der Waals surface area contributed by atoms with Crippen LogP contribution in [0.2, 0.25) is 0 Å². The van der Waals surface area contributed by atoms with Crippen molar-refractivity contribution in [2.24, 2.45) is 5.92 Å². The van der Waals surface area contributed by atoms with Crippen LogP contribution < -0.4 is 0 Å².